The molecule has 0 radical (unpaired) electrons. The molecule has 0 atom stereocenters. The van der Waals surface area contributed by atoms with Crippen LogP contribution in [-0.2, 0) is 0 Å². The fourth-order valence-electron chi connectivity index (χ4n) is 2.45. The van der Waals surface area contributed by atoms with Gasteiger partial charge in [0, 0.05) is 25.3 Å². The first-order chi connectivity index (χ1) is 8.31. The minimum Gasteiger partial charge on any atom is -0.356 e. The van der Waals surface area contributed by atoms with Crippen LogP contribution in [0.2, 0.25) is 0 Å². The number of nitrogens with zero attached hydrogens (tertiary/aromatic N) is 2. The number of piperidine rings is 1. The van der Waals surface area contributed by atoms with E-state index in [4.69, 9.17) is 0 Å². The highest BCUT2D eigenvalue weighted by molar-refractivity contribution is 5.46. The average Bonchev–Trinajstić information content (AvgIpc) is 2.38. The maximum absolute atomic E-state index is 4.49. The molecule has 17 heavy (non-hydrogen) atoms. The zero-order valence-electron chi connectivity index (χ0n) is 10.9. The first kappa shape index (κ1) is 12.4. The lowest BCUT2D eigenvalue weighted by molar-refractivity contribution is 0.414. The summed E-state index contributed by atoms with van der Waals surface area (Å²) < 4.78 is 0. The summed E-state index contributed by atoms with van der Waals surface area (Å²) in [6, 6.07) is 4.85. The Balaban J connectivity index is 1.89. The second kappa shape index (κ2) is 6.01. The molecule has 2 rings (SSSR count). The summed E-state index contributed by atoms with van der Waals surface area (Å²) in [5, 5.41) is 3.61. The molecule has 0 spiro atoms. The summed E-state index contributed by atoms with van der Waals surface area (Å²) in [5.74, 6) is 1.17. The SMILES string of the molecule is CCCNC1CCN(c2ncccc2C)CC1. The number of hydrogen-bond acceptors (Lipinski definition) is 3. The molecular formula is C14H23N3. The van der Waals surface area contributed by atoms with E-state index in [1.165, 1.54) is 30.6 Å². The molecule has 0 amide bonds. The number of hydrogen-bond donors (Lipinski definition) is 1. The Labute approximate surface area is 104 Å². The van der Waals surface area contributed by atoms with Gasteiger partial charge in [-0.15, -0.1) is 0 Å². The van der Waals surface area contributed by atoms with Gasteiger partial charge in [-0.1, -0.05) is 13.0 Å². The third kappa shape index (κ3) is 3.19. The molecule has 2 heterocycles. The Morgan fingerprint density at radius 1 is 1.41 bits per heavy atom. The van der Waals surface area contributed by atoms with Gasteiger partial charge < -0.3 is 10.2 Å². The van der Waals surface area contributed by atoms with Crippen LogP contribution in [0.25, 0.3) is 0 Å². The summed E-state index contributed by atoms with van der Waals surface area (Å²) in [5.41, 5.74) is 1.28. The quantitative estimate of drug-likeness (QED) is 0.865. The molecule has 3 nitrogen and oxygen atoms in total. The zero-order valence-corrected chi connectivity index (χ0v) is 10.9. The lowest BCUT2D eigenvalue weighted by Crippen LogP contribution is -2.43. The number of pyridine rings is 1. The monoisotopic (exact) mass is 233 g/mol. The maximum atomic E-state index is 4.49. The molecule has 1 saturated heterocycles. The van der Waals surface area contributed by atoms with Crippen molar-refractivity contribution in [3.63, 3.8) is 0 Å². The second-order valence-electron chi connectivity index (χ2n) is 4.86. The molecule has 0 saturated carbocycles. The molecule has 0 aliphatic carbocycles. The highest BCUT2D eigenvalue weighted by Crippen LogP contribution is 2.20. The van der Waals surface area contributed by atoms with Gasteiger partial charge in [0.25, 0.3) is 0 Å². The predicted octanol–water partition coefficient (Wildman–Crippen LogP) is 2.36. The van der Waals surface area contributed by atoms with Crippen molar-refractivity contribution in [2.75, 3.05) is 24.5 Å². The minimum absolute atomic E-state index is 0.704. The van der Waals surface area contributed by atoms with E-state index in [9.17, 15) is 0 Å². The normalized spacial score (nSPS) is 17.4. The average molecular weight is 233 g/mol. The summed E-state index contributed by atoms with van der Waals surface area (Å²) in [6.45, 7) is 7.76. The molecular weight excluding hydrogens is 210 g/mol. The lowest BCUT2D eigenvalue weighted by Gasteiger charge is -2.34. The van der Waals surface area contributed by atoms with Crippen LogP contribution in [0.15, 0.2) is 18.3 Å². The van der Waals surface area contributed by atoms with Crippen LogP contribution in [0.1, 0.15) is 31.7 Å². The highest BCUT2D eigenvalue weighted by atomic mass is 15.2. The van der Waals surface area contributed by atoms with Crippen LogP contribution < -0.4 is 10.2 Å². The van der Waals surface area contributed by atoms with Crippen LogP contribution in [-0.4, -0.2) is 30.7 Å². The summed E-state index contributed by atoms with van der Waals surface area (Å²) >= 11 is 0. The third-order valence-electron chi connectivity index (χ3n) is 3.46. The molecule has 1 fully saturated rings. The Morgan fingerprint density at radius 3 is 2.82 bits per heavy atom. The molecule has 1 aromatic heterocycles. The van der Waals surface area contributed by atoms with E-state index in [1.54, 1.807) is 0 Å². The number of aryl methyl sites for hydroxylation is 1. The van der Waals surface area contributed by atoms with Gasteiger partial charge in [0.15, 0.2) is 0 Å². The molecule has 0 aromatic carbocycles. The fourth-order valence-corrected chi connectivity index (χ4v) is 2.45. The number of anilines is 1. The van der Waals surface area contributed by atoms with Gasteiger partial charge in [0.1, 0.15) is 5.82 Å². The third-order valence-corrected chi connectivity index (χ3v) is 3.46. The van der Waals surface area contributed by atoms with E-state index in [0.29, 0.717) is 6.04 Å². The summed E-state index contributed by atoms with van der Waals surface area (Å²) in [7, 11) is 0. The van der Waals surface area contributed by atoms with E-state index in [1.807, 2.05) is 12.3 Å². The van der Waals surface area contributed by atoms with Crippen LogP contribution in [0.4, 0.5) is 5.82 Å². The standard InChI is InChI=1S/C14H23N3/c1-3-8-15-13-6-10-17(11-7-13)14-12(2)5-4-9-16-14/h4-5,9,13,15H,3,6-8,10-11H2,1-2H3. The molecule has 0 unspecified atom stereocenters. The molecule has 1 aromatic rings. The number of aromatic nitrogens is 1. The van der Waals surface area contributed by atoms with Gasteiger partial charge in [-0.2, -0.15) is 0 Å². The van der Waals surface area contributed by atoms with Crippen molar-refractivity contribution < 1.29 is 0 Å². The van der Waals surface area contributed by atoms with Crippen molar-refractivity contribution >= 4 is 5.82 Å². The van der Waals surface area contributed by atoms with Crippen LogP contribution >= 0.6 is 0 Å². The molecule has 3 heteroatoms. The predicted molar refractivity (Wildman–Crippen MR) is 72.5 cm³/mol. The van der Waals surface area contributed by atoms with E-state index >= 15 is 0 Å². The van der Waals surface area contributed by atoms with Gasteiger partial charge in [0.05, 0.1) is 0 Å². The topological polar surface area (TPSA) is 28.2 Å². The molecule has 1 aliphatic rings. The molecule has 1 aliphatic heterocycles. The van der Waals surface area contributed by atoms with Crippen molar-refractivity contribution in [2.24, 2.45) is 0 Å². The fraction of sp³-hybridized carbons (Fsp3) is 0.643. The Morgan fingerprint density at radius 2 is 2.18 bits per heavy atom. The van der Waals surface area contributed by atoms with Crippen molar-refractivity contribution in [1.82, 2.24) is 10.3 Å². The van der Waals surface area contributed by atoms with E-state index in [2.05, 4.69) is 35.1 Å². The van der Waals surface area contributed by atoms with E-state index in [0.717, 1.165) is 19.6 Å². The van der Waals surface area contributed by atoms with Crippen LogP contribution in [0.3, 0.4) is 0 Å². The number of rotatable bonds is 4. The molecule has 0 bridgehead atoms. The van der Waals surface area contributed by atoms with Gasteiger partial charge >= 0.3 is 0 Å². The first-order valence-corrected chi connectivity index (χ1v) is 6.71. The lowest BCUT2D eigenvalue weighted by atomic mass is 10.0. The van der Waals surface area contributed by atoms with Crippen molar-refractivity contribution in [3.05, 3.63) is 23.9 Å². The molecule has 1 N–H and O–H groups in total. The summed E-state index contributed by atoms with van der Waals surface area (Å²) in [6.07, 6.45) is 5.58. The summed E-state index contributed by atoms with van der Waals surface area (Å²) in [4.78, 5) is 6.91. The highest BCUT2D eigenvalue weighted by Gasteiger charge is 2.20. The smallest absolute Gasteiger partial charge is 0.131 e. The maximum Gasteiger partial charge on any atom is 0.131 e. The van der Waals surface area contributed by atoms with Crippen molar-refractivity contribution in [2.45, 2.75) is 39.2 Å². The molecule has 94 valence electrons. The van der Waals surface area contributed by atoms with E-state index in [-0.39, 0.29) is 0 Å². The van der Waals surface area contributed by atoms with Gasteiger partial charge in [0.2, 0.25) is 0 Å². The second-order valence-corrected chi connectivity index (χ2v) is 4.86. The van der Waals surface area contributed by atoms with Gasteiger partial charge in [-0.3, -0.25) is 0 Å². The number of nitrogens with one attached hydrogen (secondary N) is 1. The minimum atomic E-state index is 0.704. The van der Waals surface area contributed by atoms with Gasteiger partial charge in [-0.25, -0.2) is 4.98 Å². The van der Waals surface area contributed by atoms with Crippen molar-refractivity contribution in [1.29, 1.82) is 0 Å². The largest absolute Gasteiger partial charge is 0.356 e. The van der Waals surface area contributed by atoms with Crippen molar-refractivity contribution in [3.8, 4) is 0 Å². The Kier molecular flexibility index (Phi) is 4.37. The van der Waals surface area contributed by atoms with Crippen LogP contribution in [0, 0.1) is 6.92 Å². The van der Waals surface area contributed by atoms with Crippen LogP contribution in [0.5, 0.6) is 0 Å². The first-order valence-electron chi connectivity index (χ1n) is 6.71. The van der Waals surface area contributed by atoms with Gasteiger partial charge in [-0.05, 0) is 44.4 Å². The Hall–Kier alpha value is -1.09. The Bertz CT molecular complexity index is 343. The zero-order chi connectivity index (χ0) is 12.1. The van der Waals surface area contributed by atoms with E-state index < -0.39 is 0 Å².